The number of thioether (sulfide) groups is 1. The number of carbonyl (C=O) groups excluding carboxylic acids is 3. The highest BCUT2D eigenvalue weighted by Gasteiger charge is 2.56. The number of amides is 3. The first-order chi connectivity index (χ1) is 20.7. The van der Waals surface area contributed by atoms with Gasteiger partial charge in [0.25, 0.3) is 5.91 Å². The third-order valence-electron chi connectivity index (χ3n) is 7.31. The van der Waals surface area contributed by atoms with Gasteiger partial charge in [-0.2, -0.15) is 0 Å². The molecule has 2 unspecified atom stereocenters. The maximum atomic E-state index is 13.9. The first kappa shape index (κ1) is 28.7. The van der Waals surface area contributed by atoms with E-state index in [1.165, 1.54) is 24.3 Å². The summed E-state index contributed by atoms with van der Waals surface area (Å²) in [5.74, 6) is -2.45. The first-order valence-electron chi connectivity index (χ1n) is 13.5. The van der Waals surface area contributed by atoms with Crippen molar-refractivity contribution in [2.24, 2.45) is 5.92 Å². The molecule has 12 heteroatoms. The number of fused-ring (bicyclic) bond motifs is 2. The van der Waals surface area contributed by atoms with Crippen molar-refractivity contribution < 1.29 is 28.2 Å². The molecule has 1 fully saturated rings. The smallest absolute Gasteiger partial charge is 0.305 e. The Balaban J connectivity index is 1.32. The molecule has 6 rings (SSSR count). The number of thiazole rings is 1. The molecule has 4 aromatic rings. The van der Waals surface area contributed by atoms with Crippen LogP contribution in [0, 0.1) is 18.7 Å². The van der Waals surface area contributed by atoms with Crippen LogP contribution < -0.4 is 24.6 Å². The zero-order valence-electron chi connectivity index (χ0n) is 23.1. The monoisotopic (exact) mass is 619 g/mol. The molecule has 3 atom stereocenters. The maximum absolute atomic E-state index is 13.9. The fraction of sp³-hybridized carbons (Fsp3) is 0.226. The molecule has 3 amide bonds. The van der Waals surface area contributed by atoms with Crippen LogP contribution in [0.1, 0.15) is 28.8 Å². The summed E-state index contributed by atoms with van der Waals surface area (Å²) in [4.78, 5) is 56.7. The van der Waals surface area contributed by atoms with Crippen LogP contribution in [-0.4, -0.2) is 41.2 Å². The second-order valence-corrected chi connectivity index (χ2v) is 12.2. The van der Waals surface area contributed by atoms with Gasteiger partial charge < -0.3 is 19.8 Å². The minimum atomic E-state index is -0.817. The van der Waals surface area contributed by atoms with E-state index in [0.717, 1.165) is 33.6 Å². The molecule has 1 aromatic heterocycles. The second kappa shape index (κ2) is 11.7. The van der Waals surface area contributed by atoms with Crippen LogP contribution in [0.4, 0.5) is 15.8 Å². The lowest BCUT2D eigenvalue weighted by atomic mass is 9.83. The van der Waals surface area contributed by atoms with E-state index in [4.69, 9.17) is 9.47 Å². The molecule has 43 heavy (non-hydrogen) atoms. The summed E-state index contributed by atoms with van der Waals surface area (Å²) in [7, 11) is 0. The number of benzene rings is 3. The summed E-state index contributed by atoms with van der Waals surface area (Å²) in [5.41, 5.74) is 2.54. The molecule has 3 heterocycles. The van der Waals surface area contributed by atoms with Crippen molar-refractivity contribution in [1.82, 2.24) is 4.98 Å². The van der Waals surface area contributed by atoms with E-state index in [1.807, 2.05) is 32.0 Å². The number of aromatic amines is 1. The molecule has 1 saturated heterocycles. The van der Waals surface area contributed by atoms with Gasteiger partial charge in [-0.15, -0.1) is 0 Å². The number of H-pyrrole nitrogens is 1. The summed E-state index contributed by atoms with van der Waals surface area (Å²) in [6.45, 7) is 3.75. The summed E-state index contributed by atoms with van der Waals surface area (Å²) in [5, 5.41) is 2.57. The van der Waals surface area contributed by atoms with Gasteiger partial charge in [-0.3, -0.25) is 19.2 Å². The van der Waals surface area contributed by atoms with Crippen LogP contribution in [0.2, 0.25) is 0 Å². The maximum Gasteiger partial charge on any atom is 0.305 e. The highest BCUT2D eigenvalue weighted by atomic mass is 32.2. The molecule has 0 aliphatic carbocycles. The van der Waals surface area contributed by atoms with Crippen molar-refractivity contribution in [1.29, 1.82) is 0 Å². The largest absolute Gasteiger partial charge is 0.490 e. The molecule has 2 aliphatic heterocycles. The van der Waals surface area contributed by atoms with Gasteiger partial charge in [-0.05, 0) is 67.4 Å². The zero-order chi connectivity index (χ0) is 30.2. The van der Waals surface area contributed by atoms with Crippen LogP contribution in [0.15, 0.2) is 76.6 Å². The Morgan fingerprint density at radius 2 is 1.77 bits per heavy atom. The number of anilines is 2. The molecule has 9 nitrogen and oxygen atoms in total. The lowest BCUT2D eigenvalue weighted by Gasteiger charge is -2.30. The van der Waals surface area contributed by atoms with E-state index in [1.54, 1.807) is 24.3 Å². The second-order valence-electron chi connectivity index (χ2n) is 10.0. The van der Waals surface area contributed by atoms with Gasteiger partial charge in [-0.1, -0.05) is 47.4 Å². The number of para-hydroxylation sites is 1. The molecule has 0 spiro atoms. The van der Waals surface area contributed by atoms with Gasteiger partial charge in [0.1, 0.15) is 11.1 Å². The fourth-order valence-corrected chi connectivity index (χ4v) is 7.88. The van der Waals surface area contributed by atoms with Crippen LogP contribution in [0.3, 0.4) is 0 Å². The quantitative estimate of drug-likeness (QED) is 0.264. The highest BCUT2D eigenvalue weighted by molar-refractivity contribution is 8.00. The SMILES string of the molecule is CCOc1cc([C@H]2c3sc(=O)[nH]c3SC3C(=O)N(c4ccc(F)cc4)C(=O)C32)ccc1OCC(=O)Nc1ccccc1C. The van der Waals surface area contributed by atoms with Crippen LogP contribution in [0.5, 0.6) is 11.5 Å². The van der Waals surface area contributed by atoms with E-state index in [9.17, 15) is 23.6 Å². The first-order valence-corrected chi connectivity index (χ1v) is 15.2. The standard InChI is InChI=1S/C31H26FN3O6S2/c1-3-40-22-14-17(8-13-21(22)41-15-23(36)33-20-7-5-4-6-16(20)2)24-25-27(42-28-26(24)43-31(39)34-28)30(38)35(29(25)37)19-11-9-18(32)10-12-19/h4-14,24-25,27H,3,15H2,1-2H3,(H,33,36)(H,34,39)/t24-,25?,27?/m1/s1. The molecular weight excluding hydrogens is 593 g/mol. The average Bonchev–Trinajstić information content (AvgIpc) is 3.48. The Hall–Kier alpha value is -4.42. The predicted octanol–water partition coefficient (Wildman–Crippen LogP) is 5.10. The van der Waals surface area contributed by atoms with Gasteiger partial charge >= 0.3 is 4.87 Å². The molecule has 0 saturated carbocycles. The van der Waals surface area contributed by atoms with Gasteiger partial charge in [0, 0.05) is 16.5 Å². The van der Waals surface area contributed by atoms with Gasteiger partial charge in [0.2, 0.25) is 11.8 Å². The van der Waals surface area contributed by atoms with Gasteiger partial charge in [0.05, 0.1) is 23.2 Å². The number of aryl methyl sites for hydroxylation is 1. The normalized spacial score (nSPS) is 19.1. The minimum Gasteiger partial charge on any atom is -0.490 e. The lowest BCUT2D eigenvalue weighted by molar-refractivity contribution is -0.122. The molecule has 0 bridgehead atoms. The Morgan fingerprint density at radius 3 is 2.51 bits per heavy atom. The van der Waals surface area contributed by atoms with Crippen molar-refractivity contribution in [3.63, 3.8) is 0 Å². The van der Waals surface area contributed by atoms with Gasteiger partial charge in [-0.25, -0.2) is 9.29 Å². The predicted molar refractivity (Wildman–Crippen MR) is 162 cm³/mol. The summed E-state index contributed by atoms with van der Waals surface area (Å²) < 4.78 is 25.3. The molecule has 2 N–H and O–H groups in total. The summed E-state index contributed by atoms with van der Waals surface area (Å²) in [6, 6.07) is 17.7. The number of hydrogen-bond donors (Lipinski definition) is 2. The summed E-state index contributed by atoms with van der Waals surface area (Å²) in [6.07, 6.45) is 0. The molecule has 3 aromatic carbocycles. The number of imide groups is 1. The van der Waals surface area contributed by atoms with Crippen molar-refractivity contribution in [3.05, 3.63) is 98.2 Å². The third kappa shape index (κ3) is 5.43. The number of hydrogen-bond acceptors (Lipinski definition) is 8. The van der Waals surface area contributed by atoms with Gasteiger partial charge in [0.15, 0.2) is 18.1 Å². The minimum absolute atomic E-state index is 0.262. The van der Waals surface area contributed by atoms with Crippen molar-refractivity contribution in [2.75, 3.05) is 23.4 Å². The van der Waals surface area contributed by atoms with E-state index in [0.29, 0.717) is 39.3 Å². The Morgan fingerprint density at radius 1 is 1.00 bits per heavy atom. The van der Waals surface area contributed by atoms with Crippen LogP contribution in [-0.2, 0) is 14.4 Å². The van der Waals surface area contributed by atoms with Crippen LogP contribution >= 0.6 is 23.1 Å². The van der Waals surface area contributed by atoms with Crippen molar-refractivity contribution in [3.8, 4) is 11.5 Å². The molecule has 220 valence electrons. The number of nitrogens with zero attached hydrogens (tertiary/aromatic N) is 1. The van der Waals surface area contributed by atoms with E-state index >= 15 is 0 Å². The third-order valence-corrected chi connectivity index (χ3v) is 9.71. The van der Waals surface area contributed by atoms with E-state index in [2.05, 4.69) is 10.3 Å². The highest BCUT2D eigenvalue weighted by Crippen LogP contribution is 2.53. The zero-order valence-corrected chi connectivity index (χ0v) is 24.7. The number of aromatic nitrogens is 1. The van der Waals surface area contributed by atoms with E-state index in [-0.39, 0.29) is 23.1 Å². The van der Waals surface area contributed by atoms with E-state index < -0.39 is 34.7 Å². The Bertz CT molecular complexity index is 1790. The number of ether oxygens (including phenoxy) is 2. The molecule has 2 aliphatic rings. The number of nitrogens with one attached hydrogen (secondary N) is 2. The Kier molecular flexibility index (Phi) is 7.80. The summed E-state index contributed by atoms with van der Waals surface area (Å²) >= 11 is 2.15. The number of halogens is 1. The number of rotatable bonds is 8. The van der Waals surface area contributed by atoms with Crippen molar-refractivity contribution >= 4 is 52.2 Å². The molecule has 0 radical (unpaired) electrons. The Labute approximate surface area is 254 Å². The number of carbonyl (C=O) groups is 3. The lowest BCUT2D eigenvalue weighted by Crippen LogP contribution is -2.32. The molecular formula is C31H26FN3O6S2. The topological polar surface area (TPSA) is 118 Å². The average molecular weight is 620 g/mol. The fourth-order valence-electron chi connectivity index (χ4n) is 5.37. The van der Waals surface area contributed by atoms with Crippen LogP contribution in [0.25, 0.3) is 0 Å². The van der Waals surface area contributed by atoms with Crippen molar-refractivity contribution in [2.45, 2.75) is 30.0 Å².